The van der Waals surface area contributed by atoms with Crippen molar-refractivity contribution in [3.8, 4) is 5.69 Å². The second kappa shape index (κ2) is 9.43. The topological polar surface area (TPSA) is 44.1 Å². The Hall–Kier alpha value is -2.05. The molecule has 2 aliphatic rings. The molecule has 1 aromatic carbocycles. The van der Waals surface area contributed by atoms with Gasteiger partial charge in [-0.25, -0.2) is 9.07 Å². The molecular formula is C29H41FN2O2Si. The van der Waals surface area contributed by atoms with Crippen molar-refractivity contribution < 1.29 is 13.6 Å². The number of nitrogens with zero attached hydrogens (tertiary/aromatic N) is 2. The summed E-state index contributed by atoms with van der Waals surface area (Å²) in [7, 11) is -2.06. The van der Waals surface area contributed by atoms with Crippen LogP contribution in [0.4, 0.5) is 4.39 Å². The van der Waals surface area contributed by atoms with Gasteiger partial charge in [0.15, 0.2) is 8.32 Å². The zero-order valence-corrected chi connectivity index (χ0v) is 23.4. The minimum absolute atomic E-state index is 0.150. The number of halogens is 1. The van der Waals surface area contributed by atoms with Crippen LogP contribution >= 0.6 is 0 Å². The molecule has 6 heteroatoms. The largest absolute Gasteiger partial charge is 0.415 e. The van der Waals surface area contributed by atoms with Gasteiger partial charge >= 0.3 is 0 Å². The number of allylic oxidation sites excluding steroid dienone is 1. The molecule has 2 atom stereocenters. The van der Waals surface area contributed by atoms with Gasteiger partial charge in [0, 0.05) is 23.9 Å². The summed E-state index contributed by atoms with van der Waals surface area (Å²) in [4.78, 5) is 12.1. The van der Waals surface area contributed by atoms with Gasteiger partial charge in [0.05, 0.1) is 17.6 Å². The fourth-order valence-corrected chi connectivity index (χ4v) is 12.9. The highest BCUT2D eigenvalue weighted by atomic mass is 28.4. The van der Waals surface area contributed by atoms with Crippen LogP contribution in [-0.4, -0.2) is 31.0 Å². The molecule has 0 unspecified atom stereocenters. The molecule has 35 heavy (non-hydrogen) atoms. The highest BCUT2D eigenvalue weighted by molar-refractivity contribution is 6.77. The number of hydrogen-bond acceptors (Lipinski definition) is 3. The highest BCUT2D eigenvalue weighted by Gasteiger charge is 2.57. The highest BCUT2D eigenvalue weighted by Crippen LogP contribution is 2.62. The van der Waals surface area contributed by atoms with Crippen molar-refractivity contribution in [1.82, 2.24) is 9.78 Å². The van der Waals surface area contributed by atoms with Gasteiger partial charge in [-0.3, -0.25) is 0 Å². The third kappa shape index (κ3) is 4.07. The number of benzene rings is 1. The molecule has 0 bridgehead atoms. The summed E-state index contributed by atoms with van der Waals surface area (Å²) in [5.74, 6) is -0.251. The summed E-state index contributed by atoms with van der Waals surface area (Å²) in [6, 6.07) is 6.48. The van der Waals surface area contributed by atoms with Crippen molar-refractivity contribution in [2.75, 3.05) is 6.61 Å². The van der Waals surface area contributed by atoms with Gasteiger partial charge < -0.3 is 9.22 Å². The molecule has 2 aromatic rings. The SMILES string of the molecule is CC(C)[Si](OC[C@@]1(CC=O)CCC2=Cc3c(cnn3-c3ccc(F)cc3)C[C@@]21C)(C(C)C)C(C)C. The van der Waals surface area contributed by atoms with Crippen LogP contribution in [-0.2, 0) is 15.6 Å². The van der Waals surface area contributed by atoms with Crippen molar-refractivity contribution in [3.63, 3.8) is 0 Å². The van der Waals surface area contributed by atoms with E-state index in [2.05, 4.69) is 59.6 Å². The minimum atomic E-state index is -2.06. The average Bonchev–Trinajstić information content (AvgIpc) is 3.31. The second-order valence-corrected chi connectivity index (χ2v) is 17.3. The molecule has 4 nitrogen and oxygen atoms in total. The smallest absolute Gasteiger partial charge is 0.200 e. The number of carbonyl (C=O) groups excluding carboxylic acids is 1. The van der Waals surface area contributed by atoms with Crippen molar-refractivity contribution >= 4 is 20.7 Å². The molecule has 1 heterocycles. The number of carbonyl (C=O) groups is 1. The summed E-state index contributed by atoms with van der Waals surface area (Å²) in [5, 5.41) is 4.66. The summed E-state index contributed by atoms with van der Waals surface area (Å²) in [5.41, 5.74) is 5.64. The Balaban J connectivity index is 1.70. The number of aldehydes is 1. The van der Waals surface area contributed by atoms with E-state index in [0.29, 0.717) is 29.7 Å². The molecule has 1 saturated carbocycles. The number of rotatable bonds is 9. The fourth-order valence-electron chi connectivity index (χ4n) is 7.35. The Morgan fingerprint density at radius 2 is 1.74 bits per heavy atom. The van der Waals surface area contributed by atoms with Crippen LogP contribution in [0.1, 0.15) is 79.0 Å². The standard InChI is InChI=1S/C29H41FN2O2Si/c1-20(2)35(21(3)4,22(5)6)34-19-29(14-15-33)13-12-24-16-27-23(17-28(24,29)7)18-31-32(27)26-10-8-25(30)9-11-26/h8-11,15-16,18,20-22H,12-14,17,19H2,1-7H3/t28-,29-/m0/s1. The van der Waals surface area contributed by atoms with Crippen molar-refractivity contribution in [2.24, 2.45) is 10.8 Å². The molecule has 0 N–H and O–H groups in total. The Kier molecular flexibility index (Phi) is 7.01. The summed E-state index contributed by atoms with van der Waals surface area (Å²) < 4.78 is 22.5. The lowest BCUT2D eigenvalue weighted by Gasteiger charge is -2.49. The van der Waals surface area contributed by atoms with E-state index in [1.54, 1.807) is 12.1 Å². The molecule has 0 aliphatic heterocycles. The average molecular weight is 497 g/mol. The maximum Gasteiger partial charge on any atom is 0.200 e. The molecule has 0 saturated heterocycles. The van der Waals surface area contributed by atoms with E-state index in [4.69, 9.17) is 4.43 Å². The number of hydrogen-bond donors (Lipinski definition) is 0. The monoisotopic (exact) mass is 496 g/mol. The first-order valence-electron chi connectivity index (χ1n) is 13.1. The molecule has 0 spiro atoms. The summed E-state index contributed by atoms with van der Waals surface area (Å²) in [6.45, 7) is 16.9. The van der Waals surface area contributed by atoms with Gasteiger partial charge in [-0.15, -0.1) is 0 Å². The molecular weight excluding hydrogens is 455 g/mol. The number of fused-ring (bicyclic) bond motifs is 2. The van der Waals surface area contributed by atoms with E-state index in [0.717, 1.165) is 36.9 Å². The van der Waals surface area contributed by atoms with Crippen LogP contribution in [0.15, 0.2) is 36.0 Å². The quantitative estimate of drug-likeness (QED) is 0.266. The van der Waals surface area contributed by atoms with E-state index < -0.39 is 8.32 Å². The predicted octanol–water partition coefficient (Wildman–Crippen LogP) is 7.52. The summed E-state index contributed by atoms with van der Waals surface area (Å²) in [6.07, 6.45) is 8.60. The Morgan fingerprint density at radius 1 is 1.11 bits per heavy atom. The molecule has 0 amide bonds. The van der Waals surface area contributed by atoms with E-state index in [1.165, 1.54) is 23.3 Å². The molecule has 190 valence electrons. The molecule has 1 aromatic heterocycles. The molecule has 2 aliphatic carbocycles. The third-order valence-electron chi connectivity index (χ3n) is 9.34. The van der Waals surface area contributed by atoms with Gasteiger partial charge in [-0.05, 0) is 71.8 Å². The van der Waals surface area contributed by atoms with Crippen LogP contribution in [0.5, 0.6) is 0 Å². The predicted molar refractivity (Wildman–Crippen MR) is 143 cm³/mol. The minimum Gasteiger partial charge on any atom is -0.415 e. The molecule has 1 fully saturated rings. The van der Waals surface area contributed by atoms with Crippen LogP contribution in [0.25, 0.3) is 11.8 Å². The van der Waals surface area contributed by atoms with Crippen molar-refractivity contribution in [1.29, 1.82) is 0 Å². The van der Waals surface area contributed by atoms with Crippen LogP contribution in [0.3, 0.4) is 0 Å². The van der Waals surface area contributed by atoms with Crippen LogP contribution in [0.2, 0.25) is 16.6 Å². The Bertz CT molecular complexity index is 1080. The number of aromatic nitrogens is 2. The molecule has 4 rings (SSSR count). The van der Waals surface area contributed by atoms with Gasteiger partial charge in [-0.2, -0.15) is 5.10 Å². The van der Waals surface area contributed by atoms with Gasteiger partial charge in [0.25, 0.3) is 0 Å². The fraction of sp³-hybridized carbons (Fsp3) is 0.586. The first kappa shape index (κ1) is 26.0. The van der Waals surface area contributed by atoms with Crippen LogP contribution < -0.4 is 0 Å². The third-order valence-corrected chi connectivity index (χ3v) is 15.4. The van der Waals surface area contributed by atoms with Gasteiger partial charge in [-0.1, -0.05) is 54.0 Å². The summed E-state index contributed by atoms with van der Waals surface area (Å²) >= 11 is 0. The van der Waals surface area contributed by atoms with E-state index in [9.17, 15) is 9.18 Å². The first-order chi connectivity index (χ1) is 16.5. The normalized spacial score (nSPS) is 24.1. The van der Waals surface area contributed by atoms with E-state index in [-0.39, 0.29) is 16.6 Å². The van der Waals surface area contributed by atoms with Crippen molar-refractivity contribution in [3.05, 3.63) is 53.1 Å². The van der Waals surface area contributed by atoms with E-state index >= 15 is 0 Å². The lowest BCUT2D eigenvalue weighted by Crippen LogP contribution is -2.52. The maximum atomic E-state index is 13.5. The Morgan fingerprint density at radius 3 is 2.31 bits per heavy atom. The van der Waals surface area contributed by atoms with Crippen LogP contribution in [0, 0.1) is 16.6 Å². The first-order valence-corrected chi connectivity index (χ1v) is 15.3. The second-order valence-electron chi connectivity index (χ2n) is 11.9. The van der Waals surface area contributed by atoms with Crippen molar-refractivity contribution in [2.45, 2.75) is 90.8 Å². The Labute approximate surface area is 211 Å². The maximum absolute atomic E-state index is 13.5. The van der Waals surface area contributed by atoms with Gasteiger partial charge in [0.1, 0.15) is 12.1 Å². The zero-order valence-electron chi connectivity index (χ0n) is 22.4. The van der Waals surface area contributed by atoms with E-state index in [1.807, 2.05) is 10.9 Å². The lowest BCUT2D eigenvalue weighted by molar-refractivity contribution is -0.112. The zero-order chi connectivity index (χ0) is 25.6. The van der Waals surface area contributed by atoms with Gasteiger partial charge in [0.2, 0.25) is 0 Å². The molecule has 0 radical (unpaired) electrons. The lowest BCUT2D eigenvalue weighted by atomic mass is 9.60.